The van der Waals surface area contributed by atoms with Crippen LogP contribution in [-0.4, -0.2) is 23.3 Å². The van der Waals surface area contributed by atoms with Gasteiger partial charge in [-0.3, -0.25) is 10.4 Å². The van der Waals surface area contributed by atoms with Gasteiger partial charge in [0.2, 0.25) is 0 Å². The summed E-state index contributed by atoms with van der Waals surface area (Å²) in [5.74, 6) is 0.242. The summed E-state index contributed by atoms with van der Waals surface area (Å²) < 4.78 is 48.3. The topological polar surface area (TPSA) is 109 Å². The minimum atomic E-state index is -4.60. The number of anilines is 2. The number of ether oxygens (including phenoxy) is 1. The first kappa shape index (κ1) is 19.3. The summed E-state index contributed by atoms with van der Waals surface area (Å²) in [5, 5.41) is 11.4. The van der Waals surface area contributed by atoms with E-state index in [4.69, 9.17) is 9.15 Å². The van der Waals surface area contributed by atoms with E-state index in [2.05, 4.69) is 15.7 Å². The number of methoxy groups -OCH3 is 1. The highest BCUT2D eigenvalue weighted by Crippen LogP contribution is 2.30. The highest BCUT2D eigenvalue weighted by atomic mass is 19.4. The van der Waals surface area contributed by atoms with Crippen molar-refractivity contribution in [3.05, 3.63) is 58.6 Å². The number of carbonyl (C=O) groups excluding carboxylic acids is 1. The first-order valence-electron chi connectivity index (χ1n) is 8.50. The van der Waals surface area contributed by atoms with Crippen molar-refractivity contribution < 1.29 is 27.1 Å². The van der Waals surface area contributed by atoms with Crippen molar-refractivity contribution in [1.29, 1.82) is 0 Å². The molecule has 0 atom stereocenters. The lowest BCUT2D eigenvalue weighted by atomic mass is 10.1. The van der Waals surface area contributed by atoms with Crippen molar-refractivity contribution in [2.45, 2.75) is 6.18 Å². The van der Waals surface area contributed by atoms with Gasteiger partial charge in [-0.05, 0) is 36.4 Å². The number of hydrogen-bond donors (Lipinski definition) is 3. The number of rotatable bonds is 3. The maximum Gasteiger partial charge on any atom is 0.432 e. The Kier molecular flexibility index (Phi) is 4.57. The third-order valence-corrected chi connectivity index (χ3v) is 4.30. The van der Waals surface area contributed by atoms with E-state index in [9.17, 15) is 22.8 Å². The molecule has 2 aromatic carbocycles. The van der Waals surface area contributed by atoms with E-state index in [1.807, 2.05) is 0 Å². The van der Waals surface area contributed by atoms with Crippen molar-refractivity contribution in [3.8, 4) is 5.75 Å². The van der Waals surface area contributed by atoms with Crippen LogP contribution in [0.3, 0.4) is 0 Å². The second kappa shape index (κ2) is 7.10. The summed E-state index contributed by atoms with van der Waals surface area (Å²) in [6.45, 7) is 0. The fraction of sp³-hybridized carbons (Fsp3) is 0.105. The predicted octanol–water partition coefficient (Wildman–Crippen LogP) is 4.34. The van der Waals surface area contributed by atoms with Crippen LogP contribution < -0.4 is 21.0 Å². The Morgan fingerprint density at radius 2 is 1.87 bits per heavy atom. The number of urea groups is 1. The zero-order valence-corrected chi connectivity index (χ0v) is 15.3. The number of nitrogens with zero attached hydrogens (tertiary/aromatic N) is 1. The van der Waals surface area contributed by atoms with Gasteiger partial charge in [0.25, 0.3) is 0 Å². The molecule has 0 spiro atoms. The largest absolute Gasteiger partial charge is 0.497 e. The maximum atomic E-state index is 12.6. The molecular weight excluding hydrogens is 405 g/mol. The van der Waals surface area contributed by atoms with Gasteiger partial charge in [-0.2, -0.15) is 18.3 Å². The first-order chi connectivity index (χ1) is 14.2. The summed E-state index contributed by atoms with van der Waals surface area (Å²) in [7, 11) is 1.49. The SMILES string of the molecule is COc1ccc2c(=O)oc3ccc(NC(=O)Nc4cc(C(F)(F)F)[nH]n4)cc3c2c1. The average Bonchev–Trinajstić information content (AvgIpc) is 3.17. The molecule has 0 saturated carbocycles. The van der Waals surface area contributed by atoms with Gasteiger partial charge in [0.05, 0.1) is 12.5 Å². The van der Waals surface area contributed by atoms with E-state index in [1.165, 1.54) is 19.2 Å². The fourth-order valence-electron chi connectivity index (χ4n) is 2.92. The molecule has 3 N–H and O–H groups in total. The molecule has 0 aliphatic carbocycles. The molecule has 154 valence electrons. The lowest BCUT2D eigenvalue weighted by Gasteiger charge is -2.09. The number of alkyl halides is 3. The molecule has 4 rings (SSSR count). The molecule has 0 radical (unpaired) electrons. The smallest absolute Gasteiger partial charge is 0.432 e. The number of H-pyrrole nitrogens is 1. The monoisotopic (exact) mass is 418 g/mol. The molecule has 8 nitrogen and oxygen atoms in total. The number of carbonyl (C=O) groups is 1. The minimum absolute atomic E-state index is 0.290. The van der Waals surface area contributed by atoms with Gasteiger partial charge >= 0.3 is 17.8 Å². The number of nitrogens with one attached hydrogen (secondary N) is 3. The Hall–Kier alpha value is -4.02. The summed E-state index contributed by atoms with van der Waals surface area (Å²) in [6.07, 6.45) is -4.60. The van der Waals surface area contributed by atoms with Gasteiger partial charge in [-0.25, -0.2) is 9.59 Å². The number of aromatic nitrogens is 2. The van der Waals surface area contributed by atoms with Crippen LogP contribution >= 0.6 is 0 Å². The normalized spacial score (nSPS) is 11.6. The van der Waals surface area contributed by atoms with Gasteiger partial charge < -0.3 is 14.5 Å². The third-order valence-electron chi connectivity index (χ3n) is 4.30. The molecule has 0 unspecified atom stereocenters. The molecule has 2 heterocycles. The Morgan fingerprint density at radius 3 is 2.57 bits per heavy atom. The Morgan fingerprint density at radius 1 is 1.07 bits per heavy atom. The molecule has 2 amide bonds. The van der Waals surface area contributed by atoms with E-state index < -0.39 is 23.5 Å². The number of hydrogen-bond acceptors (Lipinski definition) is 5. The lowest BCUT2D eigenvalue weighted by molar-refractivity contribution is -0.141. The van der Waals surface area contributed by atoms with Crippen molar-refractivity contribution in [3.63, 3.8) is 0 Å². The molecule has 30 heavy (non-hydrogen) atoms. The van der Waals surface area contributed by atoms with E-state index in [-0.39, 0.29) is 5.82 Å². The zero-order valence-electron chi connectivity index (χ0n) is 15.3. The van der Waals surface area contributed by atoms with E-state index in [1.54, 1.807) is 29.4 Å². The Labute approximate surface area is 165 Å². The first-order valence-corrected chi connectivity index (χ1v) is 8.50. The summed E-state index contributed by atoms with van der Waals surface area (Å²) >= 11 is 0. The minimum Gasteiger partial charge on any atom is -0.497 e. The second-order valence-corrected chi connectivity index (χ2v) is 6.26. The van der Waals surface area contributed by atoms with Crippen molar-refractivity contribution in [1.82, 2.24) is 10.2 Å². The molecule has 2 aromatic heterocycles. The molecule has 4 aromatic rings. The van der Waals surface area contributed by atoms with E-state index >= 15 is 0 Å². The number of amides is 2. The molecule has 0 saturated heterocycles. The lowest BCUT2D eigenvalue weighted by Crippen LogP contribution is -2.19. The van der Waals surface area contributed by atoms with Crippen LogP contribution in [0, 0.1) is 0 Å². The van der Waals surface area contributed by atoms with Crippen LogP contribution in [0.25, 0.3) is 21.7 Å². The van der Waals surface area contributed by atoms with Crippen LogP contribution in [-0.2, 0) is 6.18 Å². The van der Waals surface area contributed by atoms with E-state index in [0.717, 1.165) is 0 Å². The van der Waals surface area contributed by atoms with Crippen molar-refractivity contribution >= 4 is 39.3 Å². The van der Waals surface area contributed by atoms with Crippen LogP contribution in [0.1, 0.15) is 5.69 Å². The molecule has 0 bridgehead atoms. The summed E-state index contributed by atoms with van der Waals surface area (Å²) in [5.41, 5.74) is -0.977. The van der Waals surface area contributed by atoms with Crippen LogP contribution in [0.2, 0.25) is 0 Å². The van der Waals surface area contributed by atoms with Gasteiger partial charge in [0, 0.05) is 22.5 Å². The number of aromatic amines is 1. The van der Waals surface area contributed by atoms with Crippen LogP contribution in [0.5, 0.6) is 5.75 Å². The van der Waals surface area contributed by atoms with Gasteiger partial charge in [-0.1, -0.05) is 0 Å². The van der Waals surface area contributed by atoms with Crippen LogP contribution in [0.15, 0.2) is 51.7 Å². The van der Waals surface area contributed by atoms with E-state index in [0.29, 0.717) is 39.2 Å². The number of fused-ring (bicyclic) bond motifs is 3. The Balaban J connectivity index is 1.63. The second-order valence-electron chi connectivity index (χ2n) is 6.26. The van der Waals surface area contributed by atoms with Crippen molar-refractivity contribution in [2.24, 2.45) is 0 Å². The molecule has 0 fully saturated rings. The quantitative estimate of drug-likeness (QED) is 0.339. The van der Waals surface area contributed by atoms with Gasteiger partial charge in [0.15, 0.2) is 5.82 Å². The number of halogens is 3. The highest BCUT2D eigenvalue weighted by Gasteiger charge is 2.33. The third kappa shape index (κ3) is 3.64. The van der Waals surface area contributed by atoms with Gasteiger partial charge in [-0.15, -0.1) is 0 Å². The van der Waals surface area contributed by atoms with Gasteiger partial charge in [0.1, 0.15) is 17.0 Å². The zero-order chi connectivity index (χ0) is 21.5. The van der Waals surface area contributed by atoms with Crippen molar-refractivity contribution in [2.75, 3.05) is 17.7 Å². The standard InChI is InChI=1S/C19H13F3N4O4/c1-29-10-3-4-11-12(7-10)13-6-9(2-5-14(13)30-17(11)27)23-18(28)24-16-8-15(25-26-16)19(20,21)22/h2-8H,1H3,(H3,23,24,25,26,28). The van der Waals surface area contributed by atoms with Crippen LogP contribution in [0.4, 0.5) is 29.5 Å². The number of benzene rings is 2. The molecule has 0 aliphatic rings. The molecular formula is C19H13F3N4O4. The Bertz CT molecular complexity index is 1330. The predicted molar refractivity (Wildman–Crippen MR) is 103 cm³/mol. The maximum absolute atomic E-state index is 12.6. The fourth-order valence-corrected chi connectivity index (χ4v) is 2.92. The average molecular weight is 418 g/mol. The summed E-state index contributed by atoms with van der Waals surface area (Å²) in [4.78, 5) is 24.3. The molecule has 0 aliphatic heterocycles. The highest BCUT2D eigenvalue weighted by molar-refractivity contribution is 6.07. The molecule has 11 heteroatoms. The summed E-state index contributed by atoms with van der Waals surface area (Å²) in [6, 6.07) is 9.31.